The van der Waals surface area contributed by atoms with E-state index >= 15 is 0 Å². The molecule has 0 saturated carbocycles. The molecule has 0 saturated heterocycles. The van der Waals surface area contributed by atoms with Crippen molar-refractivity contribution in [2.75, 3.05) is 13.2 Å². The number of aromatic nitrogens is 2. The third-order valence-electron chi connectivity index (χ3n) is 5.14. The number of pyridine rings is 1. The molecule has 0 amide bonds. The second-order valence-electron chi connectivity index (χ2n) is 8.11. The van der Waals surface area contributed by atoms with Gasteiger partial charge in [0.1, 0.15) is 23.8 Å². The van der Waals surface area contributed by atoms with Crippen molar-refractivity contribution in [1.82, 2.24) is 9.55 Å². The van der Waals surface area contributed by atoms with Crippen molar-refractivity contribution >= 4 is 28.5 Å². The predicted molar refractivity (Wildman–Crippen MR) is 129 cm³/mol. The third kappa shape index (κ3) is 5.29. The summed E-state index contributed by atoms with van der Waals surface area (Å²) in [6.45, 7) is 5.49. The van der Waals surface area contributed by atoms with Crippen molar-refractivity contribution in [2.45, 2.75) is 20.4 Å². The van der Waals surface area contributed by atoms with E-state index in [9.17, 15) is 9.90 Å². The molecule has 2 heterocycles. The van der Waals surface area contributed by atoms with E-state index < -0.39 is 5.97 Å². The summed E-state index contributed by atoms with van der Waals surface area (Å²) < 4.78 is 13.4. The topological polar surface area (TPSA) is 73.6 Å². The lowest BCUT2D eigenvalue weighted by Crippen LogP contribution is -2.13. The molecule has 0 spiro atoms. The molecule has 0 atom stereocenters. The highest BCUT2D eigenvalue weighted by atomic mass is 35.5. The first-order valence-corrected chi connectivity index (χ1v) is 11.1. The second kappa shape index (κ2) is 9.96. The van der Waals surface area contributed by atoms with E-state index in [0.717, 1.165) is 22.2 Å². The van der Waals surface area contributed by atoms with Crippen LogP contribution in [0.25, 0.3) is 22.2 Å². The van der Waals surface area contributed by atoms with Gasteiger partial charge in [0.15, 0.2) is 0 Å². The van der Waals surface area contributed by atoms with Crippen LogP contribution in [0.15, 0.2) is 66.9 Å². The molecule has 170 valence electrons. The molecule has 0 aliphatic carbocycles. The fourth-order valence-corrected chi connectivity index (χ4v) is 3.74. The fourth-order valence-electron chi connectivity index (χ4n) is 3.61. The highest BCUT2D eigenvalue weighted by Crippen LogP contribution is 2.31. The minimum absolute atomic E-state index is 0.186. The Hall–Kier alpha value is -3.51. The molecule has 0 aliphatic heterocycles. The maximum Gasteiger partial charge on any atom is 0.352 e. The Morgan fingerprint density at radius 2 is 1.85 bits per heavy atom. The molecule has 7 heteroatoms. The number of carboxylic acids is 1. The Labute approximate surface area is 197 Å². The molecule has 0 fully saturated rings. The van der Waals surface area contributed by atoms with Gasteiger partial charge in [0.2, 0.25) is 0 Å². The van der Waals surface area contributed by atoms with Crippen molar-refractivity contribution in [1.29, 1.82) is 0 Å². The van der Waals surface area contributed by atoms with E-state index in [0.29, 0.717) is 42.1 Å². The molecule has 0 aliphatic rings. The Balaban J connectivity index is 1.65. The zero-order chi connectivity index (χ0) is 23.4. The molecule has 4 rings (SSSR count). The minimum atomic E-state index is -1.00. The lowest BCUT2D eigenvalue weighted by atomic mass is 10.1. The lowest BCUT2D eigenvalue weighted by Gasteiger charge is -2.11. The summed E-state index contributed by atoms with van der Waals surface area (Å²) in [5.74, 6) is 0.845. The van der Waals surface area contributed by atoms with E-state index in [1.54, 1.807) is 41.1 Å². The number of rotatable bonds is 9. The van der Waals surface area contributed by atoms with Crippen molar-refractivity contribution in [3.8, 4) is 22.8 Å². The molecule has 0 bridgehead atoms. The lowest BCUT2D eigenvalue weighted by molar-refractivity contribution is 0.0684. The summed E-state index contributed by atoms with van der Waals surface area (Å²) in [6.07, 6.45) is 1.70. The number of ether oxygens (including phenoxy) is 2. The number of aromatic carboxylic acids is 1. The molecule has 4 aromatic rings. The van der Waals surface area contributed by atoms with Crippen LogP contribution in [0.2, 0.25) is 5.02 Å². The van der Waals surface area contributed by atoms with Crippen molar-refractivity contribution in [2.24, 2.45) is 5.92 Å². The smallest absolute Gasteiger partial charge is 0.352 e. The van der Waals surface area contributed by atoms with E-state index in [2.05, 4.69) is 18.8 Å². The average molecular weight is 465 g/mol. The summed E-state index contributed by atoms with van der Waals surface area (Å²) in [6, 6.07) is 18.3. The third-order valence-corrected chi connectivity index (χ3v) is 5.39. The number of nitrogens with zero attached hydrogens (tertiary/aromatic N) is 2. The van der Waals surface area contributed by atoms with Crippen molar-refractivity contribution in [3.63, 3.8) is 0 Å². The van der Waals surface area contributed by atoms with Gasteiger partial charge in [-0.15, -0.1) is 0 Å². The molecule has 0 unspecified atom stereocenters. The van der Waals surface area contributed by atoms with Gasteiger partial charge in [0.05, 0.1) is 24.4 Å². The molecular formula is C26H25ClN2O4. The maximum atomic E-state index is 12.0. The van der Waals surface area contributed by atoms with Crippen LogP contribution in [0.5, 0.6) is 11.5 Å². The standard InChI is InChI=1S/C26H25ClN2O4/c1-17(2)16-33-21-5-3-4-18(14-21)25-22-15-24(26(30)31)29(23(22)10-11-28-25)12-13-32-20-8-6-19(27)7-9-20/h3-11,14-15,17H,12-13,16H2,1-2H3,(H,30,31). The van der Waals surface area contributed by atoms with Gasteiger partial charge in [0, 0.05) is 22.2 Å². The summed E-state index contributed by atoms with van der Waals surface area (Å²) in [7, 11) is 0. The summed E-state index contributed by atoms with van der Waals surface area (Å²) in [5.41, 5.74) is 2.55. The van der Waals surface area contributed by atoms with E-state index in [-0.39, 0.29) is 5.69 Å². The first kappa shape index (κ1) is 22.7. The van der Waals surface area contributed by atoms with Gasteiger partial charge < -0.3 is 19.1 Å². The minimum Gasteiger partial charge on any atom is -0.493 e. The number of carboxylic acid groups (broad SMARTS) is 1. The van der Waals surface area contributed by atoms with Gasteiger partial charge in [-0.05, 0) is 54.4 Å². The molecule has 2 aromatic carbocycles. The number of hydrogen-bond donors (Lipinski definition) is 1. The Morgan fingerprint density at radius 3 is 2.58 bits per heavy atom. The molecule has 0 radical (unpaired) electrons. The van der Waals surface area contributed by atoms with Gasteiger partial charge in [-0.2, -0.15) is 0 Å². The van der Waals surface area contributed by atoms with Crippen LogP contribution in [0.4, 0.5) is 0 Å². The maximum absolute atomic E-state index is 12.0. The highest BCUT2D eigenvalue weighted by molar-refractivity contribution is 6.30. The van der Waals surface area contributed by atoms with Gasteiger partial charge in [-0.1, -0.05) is 37.6 Å². The molecule has 2 aromatic heterocycles. The Kier molecular flexibility index (Phi) is 6.84. The zero-order valence-corrected chi connectivity index (χ0v) is 19.2. The zero-order valence-electron chi connectivity index (χ0n) is 18.5. The fraction of sp³-hybridized carbons (Fsp3) is 0.231. The van der Waals surface area contributed by atoms with Gasteiger partial charge in [0.25, 0.3) is 0 Å². The van der Waals surface area contributed by atoms with Crippen LogP contribution in [0.1, 0.15) is 24.3 Å². The number of carbonyl (C=O) groups is 1. The van der Waals surface area contributed by atoms with Crippen LogP contribution < -0.4 is 9.47 Å². The van der Waals surface area contributed by atoms with E-state index in [4.69, 9.17) is 21.1 Å². The van der Waals surface area contributed by atoms with Crippen molar-refractivity contribution in [3.05, 3.63) is 77.6 Å². The van der Waals surface area contributed by atoms with Crippen LogP contribution in [0.3, 0.4) is 0 Å². The first-order valence-electron chi connectivity index (χ1n) is 10.8. The summed E-state index contributed by atoms with van der Waals surface area (Å²) in [4.78, 5) is 16.6. The molecular weight excluding hydrogens is 440 g/mol. The van der Waals surface area contributed by atoms with E-state index in [1.165, 1.54) is 0 Å². The number of fused-ring (bicyclic) bond motifs is 1. The van der Waals surface area contributed by atoms with Gasteiger partial charge in [-0.3, -0.25) is 4.98 Å². The molecule has 33 heavy (non-hydrogen) atoms. The first-order chi connectivity index (χ1) is 15.9. The molecule has 6 nitrogen and oxygen atoms in total. The quantitative estimate of drug-likeness (QED) is 0.320. The van der Waals surface area contributed by atoms with Crippen LogP contribution in [0, 0.1) is 5.92 Å². The highest BCUT2D eigenvalue weighted by Gasteiger charge is 2.18. The second-order valence-corrected chi connectivity index (χ2v) is 8.55. The van der Waals surface area contributed by atoms with Crippen LogP contribution in [-0.4, -0.2) is 33.8 Å². The number of benzene rings is 2. The van der Waals surface area contributed by atoms with Crippen molar-refractivity contribution < 1.29 is 19.4 Å². The van der Waals surface area contributed by atoms with Gasteiger partial charge in [-0.25, -0.2) is 4.79 Å². The SMILES string of the molecule is CC(C)COc1cccc(-c2nccc3c2cc(C(=O)O)n3CCOc2ccc(Cl)cc2)c1. The summed E-state index contributed by atoms with van der Waals surface area (Å²) >= 11 is 5.92. The molecule has 1 N–H and O–H groups in total. The normalized spacial score (nSPS) is 11.2. The Bertz CT molecular complexity index is 1270. The van der Waals surface area contributed by atoms with Crippen LogP contribution >= 0.6 is 11.6 Å². The predicted octanol–water partition coefficient (Wildman–Crippen LogP) is 6.17. The monoisotopic (exact) mass is 464 g/mol. The van der Waals surface area contributed by atoms with E-state index in [1.807, 2.05) is 30.3 Å². The number of halogens is 1. The Morgan fingerprint density at radius 1 is 1.06 bits per heavy atom. The van der Waals surface area contributed by atoms with Gasteiger partial charge >= 0.3 is 5.97 Å². The number of hydrogen-bond acceptors (Lipinski definition) is 4. The summed E-state index contributed by atoms with van der Waals surface area (Å²) in [5, 5.41) is 11.2. The largest absolute Gasteiger partial charge is 0.493 e. The van der Waals surface area contributed by atoms with Crippen LogP contribution in [-0.2, 0) is 6.54 Å². The average Bonchev–Trinajstić information content (AvgIpc) is 3.18.